The largest absolute Gasteiger partial charge is 0.198 e. The van der Waals surface area contributed by atoms with E-state index in [1.165, 1.54) is 5.57 Å². The van der Waals surface area contributed by atoms with E-state index in [0.717, 1.165) is 6.42 Å². The van der Waals surface area contributed by atoms with Crippen molar-refractivity contribution in [1.82, 2.24) is 0 Å². The van der Waals surface area contributed by atoms with Gasteiger partial charge < -0.3 is 0 Å². The molecule has 0 aliphatic heterocycles. The fourth-order valence-corrected chi connectivity index (χ4v) is 2.50. The van der Waals surface area contributed by atoms with Gasteiger partial charge in [0.25, 0.3) is 0 Å². The van der Waals surface area contributed by atoms with Gasteiger partial charge in [0.15, 0.2) is 0 Å². The van der Waals surface area contributed by atoms with Crippen LogP contribution in [-0.2, 0) is 0 Å². The topological polar surface area (TPSA) is 23.8 Å². The molecule has 0 fully saturated rings. The Morgan fingerprint density at radius 3 is 2.46 bits per heavy atom. The molecule has 0 heterocycles. The highest BCUT2D eigenvalue weighted by Gasteiger charge is 2.42. The third-order valence-corrected chi connectivity index (χ3v) is 3.59. The maximum atomic E-state index is 9.19. The summed E-state index contributed by atoms with van der Waals surface area (Å²) in [4.78, 5) is 0. The van der Waals surface area contributed by atoms with Crippen LogP contribution in [-0.4, -0.2) is 0 Å². The molecule has 1 aliphatic rings. The first-order valence-electron chi connectivity index (χ1n) is 4.91. The van der Waals surface area contributed by atoms with Crippen LogP contribution >= 0.6 is 0 Å². The number of allylic oxidation sites excluding steroid dienone is 2. The molecule has 0 aromatic carbocycles. The molecule has 72 valence electrons. The minimum Gasteiger partial charge on any atom is -0.198 e. The molecule has 0 N–H and O–H groups in total. The molecular formula is C12H19N. The van der Waals surface area contributed by atoms with E-state index in [4.69, 9.17) is 0 Å². The molecule has 1 nitrogen and oxygen atoms in total. The highest BCUT2D eigenvalue weighted by molar-refractivity contribution is 5.21. The van der Waals surface area contributed by atoms with Crippen molar-refractivity contribution in [3.05, 3.63) is 11.6 Å². The van der Waals surface area contributed by atoms with Crippen LogP contribution in [0.2, 0.25) is 0 Å². The van der Waals surface area contributed by atoms with Gasteiger partial charge in [0, 0.05) is 0 Å². The molecular weight excluding hydrogens is 158 g/mol. The number of nitriles is 1. The molecule has 1 rings (SSSR count). The molecule has 0 radical (unpaired) electrons. The zero-order valence-electron chi connectivity index (χ0n) is 9.31. The van der Waals surface area contributed by atoms with Crippen molar-refractivity contribution in [2.75, 3.05) is 0 Å². The minimum absolute atomic E-state index is 0.160. The molecule has 2 atom stereocenters. The summed E-state index contributed by atoms with van der Waals surface area (Å²) in [6.07, 6.45) is 3.24. The molecule has 0 amide bonds. The molecule has 0 spiro atoms. The van der Waals surface area contributed by atoms with Gasteiger partial charge in [-0.1, -0.05) is 32.4 Å². The van der Waals surface area contributed by atoms with Gasteiger partial charge in [-0.15, -0.1) is 0 Å². The maximum absolute atomic E-state index is 9.19. The van der Waals surface area contributed by atoms with Crippen molar-refractivity contribution in [3.63, 3.8) is 0 Å². The lowest BCUT2D eigenvalue weighted by Gasteiger charge is -2.43. The van der Waals surface area contributed by atoms with Crippen LogP contribution in [0.5, 0.6) is 0 Å². The lowest BCUT2D eigenvalue weighted by Crippen LogP contribution is -2.37. The van der Waals surface area contributed by atoms with Crippen LogP contribution in [0.3, 0.4) is 0 Å². The Morgan fingerprint density at radius 2 is 2.00 bits per heavy atom. The van der Waals surface area contributed by atoms with Gasteiger partial charge in [-0.2, -0.15) is 5.26 Å². The SMILES string of the molecule is CC1=CC(C)(C)C(C)C(C)(C#N)C1. The predicted molar refractivity (Wildman–Crippen MR) is 55.0 cm³/mol. The van der Waals surface area contributed by atoms with E-state index in [2.05, 4.69) is 46.8 Å². The Hall–Kier alpha value is -0.770. The second kappa shape index (κ2) is 2.87. The quantitative estimate of drug-likeness (QED) is 0.519. The number of hydrogen-bond acceptors (Lipinski definition) is 1. The van der Waals surface area contributed by atoms with Gasteiger partial charge >= 0.3 is 0 Å². The normalized spacial score (nSPS) is 37.8. The summed E-state index contributed by atoms with van der Waals surface area (Å²) in [7, 11) is 0. The second-order valence-corrected chi connectivity index (χ2v) is 5.24. The highest BCUT2D eigenvalue weighted by atomic mass is 14.5. The average Bonchev–Trinajstić information content (AvgIpc) is 1.99. The molecule has 1 heteroatoms. The first-order chi connectivity index (χ1) is 5.82. The van der Waals surface area contributed by atoms with Gasteiger partial charge in [0.2, 0.25) is 0 Å². The zero-order chi connectivity index (χ0) is 10.3. The Balaban J connectivity index is 3.13. The van der Waals surface area contributed by atoms with E-state index < -0.39 is 0 Å². The molecule has 0 saturated heterocycles. The lowest BCUT2D eigenvalue weighted by molar-refractivity contribution is 0.143. The smallest absolute Gasteiger partial charge is 0.0693 e. The van der Waals surface area contributed by atoms with Crippen LogP contribution in [0.1, 0.15) is 41.0 Å². The van der Waals surface area contributed by atoms with Crippen LogP contribution in [0, 0.1) is 28.1 Å². The predicted octanol–water partition coefficient (Wildman–Crippen LogP) is 3.53. The Labute approximate surface area is 81.5 Å². The van der Waals surface area contributed by atoms with Crippen molar-refractivity contribution in [2.24, 2.45) is 16.7 Å². The van der Waals surface area contributed by atoms with Gasteiger partial charge in [-0.3, -0.25) is 0 Å². The Kier molecular flexibility index (Phi) is 2.28. The van der Waals surface area contributed by atoms with E-state index >= 15 is 0 Å². The molecule has 13 heavy (non-hydrogen) atoms. The van der Waals surface area contributed by atoms with Crippen LogP contribution in [0.15, 0.2) is 11.6 Å². The molecule has 1 aliphatic carbocycles. The summed E-state index contributed by atoms with van der Waals surface area (Å²) < 4.78 is 0. The summed E-state index contributed by atoms with van der Waals surface area (Å²) in [5.74, 6) is 0.425. The fraction of sp³-hybridized carbons (Fsp3) is 0.750. The van der Waals surface area contributed by atoms with Gasteiger partial charge in [0.05, 0.1) is 11.5 Å². The molecule has 0 saturated carbocycles. The van der Waals surface area contributed by atoms with Gasteiger partial charge in [-0.25, -0.2) is 0 Å². The third-order valence-electron chi connectivity index (χ3n) is 3.59. The number of nitrogens with zero attached hydrogens (tertiary/aromatic N) is 1. The van der Waals surface area contributed by atoms with E-state index in [9.17, 15) is 5.26 Å². The summed E-state index contributed by atoms with van der Waals surface area (Å²) in [6, 6.07) is 2.48. The Bertz CT molecular complexity index is 280. The first kappa shape index (κ1) is 10.3. The van der Waals surface area contributed by atoms with Crippen molar-refractivity contribution in [3.8, 4) is 6.07 Å². The van der Waals surface area contributed by atoms with Gasteiger partial charge in [0.1, 0.15) is 0 Å². The number of rotatable bonds is 0. The fourth-order valence-electron chi connectivity index (χ4n) is 2.50. The molecule has 0 aromatic rings. The van der Waals surface area contributed by atoms with Crippen LogP contribution in [0.4, 0.5) is 0 Å². The maximum Gasteiger partial charge on any atom is 0.0693 e. The third kappa shape index (κ3) is 1.63. The average molecular weight is 177 g/mol. The molecule has 0 bridgehead atoms. The van der Waals surface area contributed by atoms with E-state index in [0.29, 0.717) is 5.92 Å². The van der Waals surface area contributed by atoms with Crippen molar-refractivity contribution >= 4 is 0 Å². The van der Waals surface area contributed by atoms with E-state index in [1.54, 1.807) is 0 Å². The first-order valence-corrected chi connectivity index (χ1v) is 4.91. The molecule has 0 aromatic heterocycles. The van der Waals surface area contributed by atoms with E-state index in [1.807, 2.05) is 0 Å². The minimum atomic E-state index is -0.178. The summed E-state index contributed by atoms with van der Waals surface area (Å²) in [6.45, 7) is 10.8. The van der Waals surface area contributed by atoms with Crippen molar-refractivity contribution in [1.29, 1.82) is 5.26 Å². The zero-order valence-corrected chi connectivity index (χ0v) is 9.31. The van der Waals surface area contributed by atoms with Crippen LogP contribution < -0.4 is 0 Å². The standard InChI is InChI=1S/C12H19N/c1-9-6-11(3,4)10(2)12(5,7-9)8-13/h6,10H,7H2,1-5H3. The second-order valence-electron chi connectivity index (χ2n) is 5.24. The highest BCUT2D eigenvalue weighted by Crippen LogP contribution is 2.48. The van der Waals surface area contributed by atoms with Crippen molar-refractivity contribution in [2.45, 2.75) is 41.0 Å². The van der Waals surface area contributed by atoms with Crippen molar-refractivity contribution < 1.29 is 0 Å². The van der Waals surface area contributed by atoms with E-state index in [-0.39, 0.29) is 10.8 Å². The van der Waals surface area contributed by atoms with Crippen LogP contribution in [0.25, 0.3) is 0 Å². The molecule has 2 unspecified atom stereocenters. The summed E-state index contributed by atoms with van der Waals surface area (Å²) in [5, 5.41) is 9.19. The Morgan fingerprint density at radius 1 is 1.46 bits per heavy atom. The summed E-state index contributed by atoms with van der Waals surface area (Å²) in [5.41, 5.74) is 1.34. The van der Waals surface area contributed by atoms with Gasteiger partial charge in [-0.05, 0) is 31.6 Å². The summed E-state index contributed by atoms with van der Waals surface area (Å²) >= 11 is 0. The monoisotopic (exact) mass is 177 g/mol. The lowest BCUT2D eigenvalue weighted by atomic mass is 9.59. The number of hydrogen-bond donors (Lipinski definition) is 0.